The smallest absolute Gasteiger partial charge is 0.431 e. The SMILES string of the molecule is CO[C@@H]1C=C[C@@H](Cl)[C@@H](COC(=O)OC[C@H]2O[C@H](OC)C=C[C@H]2Cl)O1. The fourth-order valence-electron chi connectivity index (χ4n) is 2.10. The molecule has 9 heteroatoms. The van der Waals surface area contributed by atoms with Gasteiger partial charge in [-0.05, 0) is 12.2 Å². The van der Waals surface area contributed by atoms with Gasteiger partial charge in [0, 0.05) is 14.2 Å². The first kappa shape index (κ1) is 19.5. The van der Waals surface area contributed by atoms with Gasteiger partial charge in [0.15, 0.2) is 12.6 Å². The molecule has 0 N–H and O–H groups in total. The van der Waals surface area contributed by atoms with Crippen LogP contribution in [-0.4, -0.2) is 69.1 Å². The van der Waals surface area contributed by atoms with Gasteiger partial charge in [-0.2, -0.15) is 0 Å². The highest BCUT2D eigenvalue weighted by Gasteiger charge is 2.29. The van der Waals surface area contributed by atoms with Crippen LogP contribution in [0, 0.1) is 0 Å². The van der Waals surface area contributed by atoms with E-state index in [2.05, 4.69) is 0 Å². The molecule has 0 aromatic carbocycles. The second kappa shape index (κ2) is 9.60. The van der Waals surface area contributed by atoms with E-state index in [1.807, 2.05) is 0 Å². The zero-order valence-electron chi connectivity index (χ0n) is 13.3. The lowest BCUT2D eigenvalue weighted by Gasteiger charge is -2.29. The lowest BCUT2D eigenvalue weighted by molar-refractivity contribution is -0.150. The molecular formula is C15H20Cl2O7. The zero-order chi connectivity index (χ0) is 17.5. The molecule has 2 aliphatic rings. The van der Waals surface area contributed by atoms with E-state index >= 15 is 0 Å². The summed E-state index contributed by atoms with van der Waals surface area (Å²) in [6.07, 6.45) is 3.88. The van der Waals surface area contributed by atoms with E-state index < -0.39 is 41.7 Å². The van der Waals surface area contributed by atoms with E-state index in [4.69, 9.17) is 51.6 Å². The van der Waals surface area contributed by atoms with Gasteiger partial charge in [0.2, 0.25) is 0 Å². The topological polar surface area (TPSA) is 72.5 Å². The maximum atomic E-state index is 11.7. The van der Waals surface area contributed by atoms with Gasteiger partial charge in [-0.25, -0.2) is 4.79 Å². The minimum Gasteiger partial charge on any atom is -0.431 e. The van der Waals surface area contributed by atoms with Crippen LogP contribution < -0.4 is 0 Å². The van der Waals surface area contributed by atoms with Crippen LogP contribution in [0.5, 0.6) is 0 Å². The maximum absolute atomic E-state index is 11.7. The number of carbonyl (C=O) groups is 1. The average Bonchev–Trinajstić information content (AvgIpc) is 2.60. The van der Waals surface area contributed by atoms with Gasteiger partial charge >= 0.3 is 6.16 Å². The normalized spacial score (nSPS) is 35.7. The number of ether oxygens (including phenoxy) is 6. The molecule has 0 fully saturated rings. The highest BCUT2D eigenvalue weighted by molar-refractivity contribution is 6.22. The first-order valence-corrected chi connectivity index (χ1v) is 8.21. The standard InChI is InChI=1S/C15H20Cl2O7/c1-19-13-5-3-9(16)11(23-13)7-21-15(18)22-8-12-10(17)4-6-14(20-2)24-12/h3-6,9-14H,7-8H2,1-2H3/t9-,10-,11-,12-,13+,14+/m1/s1. The van der Waals surface area contributed by atoms with Crippen molar-refractivity contribution in [2.45, 2.75) is 35.5 Å². The first-order chi connectivity index (χ1) is 11.5. The number of methoxy groups -OCH3 is 2. The molecule has 136 valence electrons. The van der Waals surface area contributed by atoms with Crippen molar-refractivity contribution < 1.29 is 33.2 Å². The Bertz CT molecular complexity index is 431. The van der Waals surface area contributed by atoms with E-state index in [0.29, 0.717) is 0 Å². The maximum Gasteiger partial charge on any atom is 0.508 e. The molecule has 0 aromatic heterocycles. The Hall–Kier alpha value is -0.830. The summed E-state index contributed by atoms with van der Waals surface area (Å²) in [6.45, 7) is -0.124. The Morgan fingerprint density at radius 3 is 1.67 bits per heavy atom. The van der Waals surface area contributed by atoms with E-state index in [1.165, 1.54) is 14.2 Å². The molecule has 0 aliphatic carbocycles. The van der Waals surface area contributed by atoms with E-state index in [1.54, 1.807) is 24.3 Å². The number of rotatable bonds is 6. The van der Waals surface area contributed by atoms with Gasteiger partial charge in [-0.3, -0.25) is 0 Å². The summed E-state index contributed by atoms with van der Waals surface area (Å²) in [5.41, 5.74) is 0. The molecule has 0 aromatic rings. The molecule has 2 aliphatic heterocycles. The van der Waals surface area contributed by atoms with Gasteiger partial charge in [0.25, 0.3) is 0 Å². The Balaban J connectivity index is 1.72. The number of hydrogen-bond donors (Lipinski definition) is 0. The Kier molecular flexibility index (Phi) is 7.80. The van der Waals surface area contributed by atoms with Crippen LogP contribution in [0.4, 0.5) is 4.79 Å². The van der Waals surface area contributed by atoms with Gasteiger partial charge in [0.1, 0.15) is 25.4 Å². The van der Waals surface area contributed by atoms with Crippen LogP contribution in [0.2, 0.25) is 0 Å². The van der Waals surface area contributed by atoms with Gasteiger partial charge in [0.05, 0.1) is 10.8 Å². The monoisotopic (exact) mass is 382 g/mol. The average molecular weight is 383 g/mol. The Labute approximate surface area is 150 Å². The van der Waals surface area contributed by atoms with Crippen molar-refractivity contribution in [2.24, 2.45) is 0 Å². The van der Waals surface area contributed by atoms with Crippen molar-refractivity contribution in [1.29, 1.82) is 0 Å². The summed E-state index contributed by atoms with van der Waals surface area (Å²) in [4.78, 5) is 11.7. The van der Waals surface area contributed by atoms with Crippen LogP contribution in [-0.2, 0) is 28.4 Å². The molecule has 2 heterocycles. The molecule has 0 saturated carbocycles. The van der Waals surface area contributed by atoms with Gasteiger partial charge < -0.3 is 28.4 Å². The van der Waals surface area contributed by atoms with E-state index in [-0.39, 0.29) is 13.2 Å². The molecule has 0 bridgehead atoms. The van der Waals surface area contributed by atoms with Crippen molar-refractivity contribution in [3.05, 3.63) is 24.3 Å². The molecule has 24 heavy (non-hydrogen) atoms. The largest absolute Gasteiger partial charge is 0.508 e. The van der Waals surface area contributed by atoms with Gasteiger partial charge in [-0.15, -0.1) is 23.2 Å². The molecule has 6 atom stereocenters. The third kappa shape index (κ3) is 5.61. The zero-order valence-corrected chi connectivity index (χ0v) is 14.8. The summed E-state index contributed by atoms with van der Waals surface area (Å²) >= 11 is 12.2. The summed E-state index contributed by atoms with van der Waals surface area (Å²) in [6, 6.07) is 0. The number of hydrogen-bond acceptors (Lipinski definition) is 7. The van der Waals surface area contributed by atoms with Gasteiger partial charge in [-0.1, -0.05) is 12.2 Å². The second-order valence-electron chi connectivity index (χ2n) is 5.09. The van der Waals surface area contributed by atoms with Crippen molar-refractivity contribution >= 4 is 29.4 Å². The third-order valence-corrected chi connectivity index (χ3v) is 4.28. The molecular weight excluding hydrogens is 363 g/mol. The number of halogens is 2. The van der Waals surface area contributed by atoms with Crippen molar-refractivity contribution in [3.8, 4) is 0 Å². The molecule has 0 radical (unpaired) electrons. The molecule has 7 nitrogen and oxygen atoms in total. The Morgan fingerprint density at radius 1 is 0.875 bits per heavy atom. The number of carbonyl (C=O) groups excluding carboxylic acids is 1. The fourth-order valence-corrected chi connectivity index (χ4v) is 2.53. The first-order valence-electron chi connectivity index (χ1n) is 7.34. The summed E-state index contributed by atoms with van der Waals surface area (Å²) in [7, 11) is 3.01. The molecule has 0 unspecified atom stereocenters. The van der Waals surface area contributed by atoms with Crippen molar-refractivity contribution in [3.63, 3.8) is 0 Å². The predicted octanol–water partition coefficient (Wildman–Crippen LogP) is 2.21. The summed E-state index contributed by atoms with van der Waals surface area (Å²) < 4.78 is 31.1. The molecule has 2 rings (SSSR count). The summed E-state index contributed by atoms with van der Waals surface area (Å²) in [5, 5.41) is -0.851. The summed E-state index contributed by atoms with van der Waals surface area (Å²) in [5.74, 6) is 0. The van der Waals surface area contributed by atoms with E-state index in [9.17, 15) is 4.79 Å². The lowest BCUT2D eigenvalue weighted by Crippen LogP contribution is -2.39. The quantitative estimate of drug-likeness (QED) is 0.396. The van der Waals surface area contributed by atoms with Crippen LogP contribution in [0.15, 0.2) is 24.3 Å². The van der Waals surface area contributed by atoms with Crippen LogP contribution in [0.1, 0.15) is 0 Å². The predicted molar refractivity (Wildman–Crippen MR) is 86.2 cm³/mol. The Morgan fingerprint density at radius 2 is 1.29 bits per heavy atom. The van der Waals surface area contributed by atoms with E-state index in [0.717, 1.165) is 0 Å². The highest BCUT2D eigenvalue weighted by Crippen LogP contribution is 2.20. The van der Waals surface area contributed by atoms with Crippen LogP contribution in [0.25, 0.3) is 0 Å². The minimum atomic E-state index is -0.859. The van der Waals surface area contributed by atoms with Crippen molar-refractivity contribution in [1.82, 2.24) is 0 Å². The molecule has 0 saturated heterocycles. The lowest BCUT2D eigenvalue weighted by atomic mass is 10.2. The molecule has 0 spiro atoms. The third-order valence-electron chi connectivity index (χ3n) is 3.43. The molecule has 0 amide bonds. The number of alkyl halides is 2. The second-order valence-corrected chi connectivity index (χ2v) is 6.10. The fraction of sp³-hybridized carbons (Fsp3) is 0.667. The highest BCUT2D eigenvalue weighted by atomic mass is 35.5. The van der Waals surface area contributed by atoms with Crippen LogP contribution in [0.3, 0.4) is 0 Å². The van der Waals surface area contributed by atoms with Crippen molar-refractivity contribution in [2.75, 3.05) is 27.4 Å². The minimum absolute atomic E-state index is 0.0619. The van der Waals surface area contributed by atoms with Crippen LogP contribution >= 0.6 is 23.2 Å².